The van der Waals surface area contributed by atoms with E-state index >= 15 is 0 Å². The van der Waals surface area contributed by atoms with Crippen molar-refractivity contribution in [2.75, 3.05) is 13.1 Å². The van der Waals surface area contributed by atoms with Crippen molar-refractivity contribution >= 4 is 28.8 Å². The number of hydrogen-bond donors (Lipinski definition) is 1. The van der Waals surface area contributed by atoms with Crippen molar-refractivity contribution in [3.05, 3.63) is 46.3 Å². The summed E-state index contributed by atoms with van der Waals surface area (Å²) in [6, 6.07) is 11.6. The molecule has 1 N–H and O–H groups in total. The Morgan fingerprint density at radius 2 is 2.08 bits per heavy atom. The highest BCUT2D eigenvalue weighted by Crippen LogP contribution is 2.34. The highest BCUT2D eigenvalue weighted by atomic mass is 35.5. The van der Waals surface area contributed by atoms with Crippen LogP contribution < -0.4 is 10.1 Å². The molecular formula is C19H21ClN2O2S. The fraction of sp³-hybridized carbons (Fsp3) is 0.421. The molecule has 25 heavy (non-hydrogen) atoms. The van der Waals surface area contributed by atoms with E-state index in [1.54, 1.807) is 12.1 Å². The first kappa shape index (κ1) is 16.9. The molecule has 4 nitrogen and oxygen atoms in total. The number of benzene rings is 1. The summed E-state index contributed by atoms with van der Waals surface area (Å²) in [5.74, 6) is 1.27. The van der Waals surface area contributed by atoms with E-state index < -0.39 is 0 Å². The van der Waals surface area contributed by atoms with E-state index in [0.717, 1.165) is 13.1 Å². The van der Waals surface area contributed by atoms with Crippen molar-refractivity contribution in [2.45, 2.75) is 31.8 Å². The van der Waals surface area contributed by atoms with Crippen LogP contribution >= 0.6 is 22.9 Å². The highest BCUT2D eigenvalue weighted by molar-refractivity contribution is 7.15. The first-order valence-electron chi connectivity index (χ1n) is 8.68. The first-order chi connectivity index (χ1) is 12.1. The fourth-order valence-corrected chi connectivity index (χ4v) is 4.87. The lowest BCUT2D eigenvalue weighted by molar-refractivity contribution is 0.0218. The summed E-state index contributed by atoms with van der Waals surface area (Å²) in [6.45, 7) is 4.54. The van der Waals surface area contributed by atoms with Gasteiger partial charge in [0.05, 0.1) is 4.88 Å². The number of carbonyl (C=O) groups excluding carboxylic acids is 1. The third-order valence-corrected chi connectivity index (χ3v) is 6.49. The van der Waals surface area contributed by atoms with Gasteiger partial charge in [0.15, 0.2) is 5.06 Å². The van der Waals surface area contributed by atoms with Crippen molar-refractivity contribution < 1.29 is 9.53 Å². The summed E-state index contributed by atoms with van der Waals surface area (Å²) < 4.78 is 5.80. The SMILES string of the molecule is C[C@H]1[C@H](NC(=O)c2ccc(Oc3cccc(Cl)c3)s2)C2CCN1CC2. The lowest BCUT2D eigenvalue weighted by Gasteiger charge is -2.49. The minimum Gasteiger partial charge on any atom is -0.447 e. The number of thiophene rings is 1. The van der Waals surface area contributed by atoms with Gasteiger partial charge in [-0.2, -0.15) is 0 Å². The average Bonchev–Trinajstić information content (AvgIpc) is 3.07. The maximum atomic E-state index is 12.7. The molecule has 3 saturated heterocycles. The second-order valence-electron chi connectivity index (χ2n) is 6.79. The lowest BCUT2D eigenvalue weighted by atomic mass is 9.79. The van der Waals surface area contributed by atoms with Crippen LogP contribution in [0.2, 0.25) is 5.02 Å². The Hall–Kier alpha value is -1.56. The molecule has 0 radical (unpaired) electrons. The van der Waals surface area contributed by atoms with Gasteiger partial charge in [0.2, 0.25) is 0 Å². The van der Waals surface area contributed by atoms with Crippen LogP contribution in [0.15, 0.2) is 36.4 Å². The molecule has 132 valence electrons. The number of nitrogens with zero attached hydrogens (tertiary/aromatic N) is 1. The van der Waals surface area contributed by atoms with Crippen molar-refractivity contribution in [3.63, 3.8) is 0 Å². The third-order valence-electron chi connectivity index (χ3n) is 5.30. The number of nitrogens with one attached hydrogen (secondary N) is 1. The van der Waals surface area contributed by atoms with Crippen LogP contribution in [0.1, 0.15) is 29.4 Å². The van der Waals surface area contributed by atoms with Gasteiger partial charge in [-0.3, -0.25) is 9.69 Å². The van der Waals surface area contributed by atoms with E-state index in [0.29, 0.717) is 32.7 Å². The molecule has 5 rings (SSSR count). The lowest BCUT2D eigenvalue weighted by Crippen LogP contribution is -2.62. The van der Waals surface area contributed by atoms with E-state index in [-0.39, 0.29) is 11.9 Å². The molecule has 2 bridgehead atoms. The Morgan fingerprint density at radius 1 is 1.28 bits per heavy atom. The van der Waals surface area contributed by atoms with Crippen molar-refractivity contribution in [1.29, 1.82) is 0 Å². The standard InChI is InChI=1S/C19H21ClN2O2S/c1-12-18(13-7-9-22(12)10-8-13)21-19(23)16-5-6-17(25-16)24-15-4-2-3-14(20)11-15/h2-6,11-13,18H,7-10H2,1H3,(H,21,23)/t12-,18-/m0/s1. The molecule has 1 aromatic carbocycles. The van der Waals surface area contributed by atoms with Gasteiger partial charge in [-0.05, 0) is 69.1 Å². The fourth-order valence-electron chi connectivity index (χ4n) is 3.91. The topological polar surface area (TPSA) is 41.6 Å². The summed E-state index contributed by atoms with van der Waals surface area (Å²) in [6.07, 6.45) is 2.37. The minimum atomic E-state index is -0.00320. The van der Waals surface area contributed by atoms with Crippen molar-refractivity contribution in [2.24, 2.45) is 5.92 Å². The largest absolute Gasteiger partial charge is 0.447 e. The van der Waals surface area contributed by atoms with Gasteiger partial charge >= 0.3 is 0 Å². The predicted molar refractivity (Wildman–Crippen MR) is 101 cm³/mol. The van der Waals surface area contributed by atoms with Crippen LogP contribution in [0.25, 0.3) is 0 Å². The second kappa shape index (κ2) is 6.98. The smallest absolute Gasteiger partial charge is 0.261 e. The molecule has 0 spiro atoms. The van der Waals surface area contributed by atoms with Gasteiger partial charge in [-0.1, -0.05) is 29.0 Å². The summed E-state index contributed by atoms with van der Waals surface area (Å²) in [5, 5.41) is 4.57. The van der Waals surface area contributed by atoms with Gasteiger partial charge < -0.3 is 10.1 Å². The van der Waals surface area contributed by atoms with Crippen LogP contribution in [0.5, 0.6) is 10.8 Å². The van der Waals surface area contributed by atoms with Gasteiger partial charge in [0.1, 0.15) is 5.75 Å². The summed E-state index contributed by atoms with van der Waals surface area (Å²) in [7, 11) is 0. The molecular weight excluding hydrogens is 356 g/mol. The molecule has 3 aliphatic rings. The van der Waals surface area contributed by atoms with Crippen LogP contribution in [-0.4, -0.2) is 36.0 Å². The zero-order chi connectivity index (χ0) is 17.4. The number of fused-ring (bicyclic) bond motifs is 3. The number of hydrogen-bond acceptors (Lipinski definition) is 4. The molecule has 2 aromatic rings. The molecule has 0 unspecified atom stereocenters. The Bertz CT molecular complexity index is 768. The molecule has 3 fully saturated rings. The minimum absolute atomic E-state index is 0.00320. The number of rotatable bonds is 4. The van der Waals surface area contributed by atoms with Crippen LogP contribution in [-0.2, 0) is 0 Å². The summed E-state index contributed by atoms with van der Waals surface area (Å²) >= 11 is 7.34. The van der Waals surface area contributed by atoms with E-state index in [1.165, 1.54) is 24.2 Å². The summed E-state index contributed by atoms with van der Waals surface area (Å²) in [5.41, 5.74) is 0. The number of piperidine rings is 3. The maximum absolute atomic E-state index is 12.7. The number of carbonyl (C=O) groups is 1. The molecule has 1 aromatic heterocycles. The van der Waals surface area contributed by atoms with Crippen LogP contribution in [0, 0.1) is 5.92 Å². The Kier molecular flexibility index (Phi) is 4.71. The third kappa shape index (κ3) is 3.54. The molecule has 0 saturated carbocycles. The normalized spacial score (nSPS) is 27.9. The number of halogens is 1. The maximum Gasteiger partial charge on any atom is 0.261 e. The second-order valence-corrected chi connectivity index (χ2v) is 8.27. The van der Waals surface area contributed by atoms with Gasteiger partial charge in [-0.25, -0.2) is 0 Å². The zero-order valence-electron chi connectivity index (χ0n) is 14.1. The molecule has 2 atom stereocenters. The van der Waals surface area contributed by atoms with Crippen molar-refractivity contribution in [1.82, 2.24) is 10.2 Å². The Balaban J connectivity index is 1.42. The van der Waals surface area contributed by atoms with E-state index in [2.05, 4.69) is 17.1 Å². The van der Waals surface area contributed by atoms with E-state index in [1.807, 2.05) is 24.3 Å². The molecule has 4 heterocycles. The Labute approximate surface area is 156 Å². The van der Waals surface area contributed by atoms with Gasteiger partial charge in [0, 0.05) is 17.1 Å². The van der Waals surface area contributed by atoms with E-state index in [9.17, 15) is 4.79 Å². The average molecular weight is 377 g/mol. The van der Waals surface area contributed by atoms with Crippen LogP contribution in [0.3, 0.4) is 0 Å². The summed E-state index contributed by atoms with van der Waals surface area (Å²) in [4.78, 5) is 15.8. The highest BCUT2D eigenvalue weighted by Gasteiger charge is 2.40. The van der Waals surface area contributed by atoms with Gasteiger partial charge in [0.25, 0.3) is 5.91 Å². The van der Waals surface area contributed by atoms with Crippen molar-refractivity contribution in [3.8, 4) is 10.8 Å². The molecule has 6 heteroatoms. The van der Waals surface area contributed by atoms with Crippen LogP contribution in [0.4, 0.5) is 0 Å². The molecule has 1 amide bonds. The zero-order valence-corrected chi connectivity index (χ0v) is 15.6. The number of amides is 1. The Morgan fingerprint density at radius 3 is 2.80 bits per heavy atom. The first-order valence-corrected chi connectivity index (χ1v) is 9.88. The molecule has 3 aliphatic heterocycles. The van der Waals surface area contributed by atoms with Gasteiger partial charge in [-0.15, -0.1) is 0 Å². The monoisotopic (exact) mass is 376 g/mol. The van der Waals surface area contributed by atoms with E-state index in [4.69, 9.17) is 16.3 Å². The predicted octanol–water partition coefficient (Wildman–Crippen LogP) is 4.41. The molecule has 0 aliphatic carbocycles. The number of ether oxygens (including phenoxy) is 1. The quantitative estimate of drug-likeness (QED) is 0.859.